The fourth-order valence-electron chi connectivity index (χ4n) is 8.95. The summed E-state index contributed by atoms with van der Waals surface area (Å²) in [5, 5.41) is 27.9. The number of fused-ring (bicyclic) bond motifs is 8. The molecule has 5 atom stereocenters. The molecule has 1 saturated heterocycles. The Bertz CT molecular complexity index is 2000. The quantitative estimate of drug-likeness (QED) is 0.241. The third-order valence-electron chi connectivity index (χ3n) is 11.0. The van der Waals surface area contributed by atoms with Crippen molar-refractivity contribution in [2.24, 2.45) is 0 Å². The number of nitrogens with zero attached hydrogens (tertiary/aromatic N) is 3. The zero-order valence-corrected chi connectivity index (χ0v) is 29.7. The second-order valence-corrected chi connectivity index (χ2v) is 13.2. The Morgan fingerprint density at radius 3 is 2.02 bits per heavy atom. The molecule has 0 saturated carbocycles. The Morgan fingerprint density at radius 2 is 1.40 bits per heavy atom. The molecule has 3 aromatic carbocycles. The van der Waals surface area contributed by atoms with Crippen LogP contribution in [-0.2, 0) is 17.6 Å². The van der Waals surface area contributed by atoms with E-state index in [1.165, 1.54) is 7.11 Å². The molecule has 264 valence electrons. The number of amides is 1. The number of hydrogen-bond acceptors (Lipinski definition) is 11. The van der Waals surface area contributed by atoms with Crippen molar-refractivity contribution < 1.29 is 38.7 Å². The van der Waals surface area contributed by atoms with Crippen LogP contribution in [0.4, 0.5) is 0 Å². The fraction of sp³-hybridized carbons (Fsp3) is 0.421. The monoisotopic (exact) mass is 684 g/mol. The summed E-state index contributed by atoms with van der Waals surface area (Å²) < 4.78 is 29.8. The highest BCUT2D eigenvalue weighted by atomic mass is 16.5. The van der Waals surface area contributed by atoms with Gasteiger partial charge in [-0.2, -0.15) is 0 Å². The van der Waals surface area contributed by atoms with Crippen molar-refractivity contribution in [1.29, 1.82) is 0 Å². The first-order valence-corrected chi connectivity index (χ1v) is 16.7. The summed E-state index contributed by atoms with van der Waals surface area (Å²) in [5.41, 5.74) is 5.44. The van der Waals surface area contributed by atoms with Gasteiger partial charge in [0.05, 0.1) is 52.1 Å². The van der Waals surface area contributed by atoms with Crippen LogP contribution >= 0.6 is 0 Å². The molecule has 1 fully saturated rings. The van der Waals surface area contributed by atoms with E-state index in [2.05, 4.69) is 20.1 Å². The van der Waals surface area contributed by atoms with Gasteiger partial charge in [0.25, 0.3) is 5.91 Å². The number of carbonyl (C=O) groups is 1. The molecule has 50 heavy (non-hydrogen) atoms. The van der Waals surface area contributed by atoms with E-state index >= 15 is 0 Å². The lowest BCUT2D eigenvalue weighted by Crippen LogP contribution is -2.69. The van der Waals surface area contributed by atoms with Gasteiger partial charge >= 0.3 is 0 Å². The molecular weight excluding hydrogens is 640 g/mol. The van der Waals surface area contributed by atoms with Gasteiger partial charge in [-0.25, -0.2) is 4.98 Å². The van der Waals surface area contributed by atoms with Crippen molar-refractivity contribution in [2.45, 2.75) is 57.1 Å². The topological polar surface area (TPSA) is 135 Å². The number of piperazine rings is 1. The molecule has 0 spiro atoms. The van der Waals surface area contributed by atoms with Gasteiger partial charge in [-0.3, -0.25) is 14.6 Å². The van der Waals surface area contributed by atoms with Crippen LogP contribution in [0.1, 0.15) is 56.0 Å². The molecule has 2 bridgehead atoms. The number of nitrogens with one attached hydrogen (secondary N) is 1. The predicted octanol–water partition coefficient (Wildman–Crippen LogP) is 4.58. The number of phenols is 2. The van der Waals surface area contributed by atoms with Crippen molar-refractivity contribution in [2.75, 3.05) is 49.1 Å². The highest BCUT2D eigenvalue weighted by molar-refractivity contribution is 5.95. The van der Waals surface area contributed by atoms with E-state index in [9.17, 15) is 15.0 Å². The van der Waals surface area contributed by atoms with Crippen LogP contribution in [0, 0.1) is 13.8 Å². The van der Waals surface area contributed by atoms with Gasteiger partial charge < -0.3 is 39.2 Å². The molecule has 1 amide bonds. The highest BCUT2D eigenvalue weighted by Crippen LogP contribution is 2.59. The number of hydrogen-bond donors (Lipinski definition) is 3. The molecule has 3 aliphatic heterocycles. The summed E-state index contributed by atoms with van der Waals surface area (Å²) >= 11 is 0. The molecule has 0 aliphatic carbocycles. The number of carbonyl (C=O) groups excluding carboxylic acids is 1. The number of aromatic hydroxyl groups is 2. The highest BCUT2D eigenvalue weighted by Gasteiger charge is 2.57. The fourth-order valence-corrected chi connectivity index (χ4v) is 8.95. The molecular formula is C38H44N4O8. The Labute approximate surface area is 291 Å². The van der Waals surface area contributed by atoms with Crippen LogP contribution in [0.25, 0.3) is 10.9 Å². The molecule has 0 radical (unpaired) electrons. The summed E-state index contributed by atoms with van der Waals surface area (Å²) in [6, 6.07) is 9.82. The molecule has 7 rings (SSSR count). The number of pyridine rings is 1. The number of ether oxygens (including phenoxy) is 5. The third kappa shape index (κ3) is 4.84. The second-order valence-electron chi connectivity index (χ2n) is 13.2. The Balaban J connectivity index is 1.41. The number of aromatic nitrogens is 1. The summed E-state index contributed by atoms with van der Waals surface area (Å²) in [4.78, 5) is 22.9. The van der Waals surface area contributed by atoms with Crippen molar-refractivity contribution in [3.8, 4) is 34.5 Å². The SMILES string of the molecule is COc1c(C)c(OC)c2c(c1O)[C@@H]1[C@@H]3Cc4c(OC)c(C)c(OC)c(O)c4[C@H](CNC(=O)c4ccc5ccccc5n4)N3[C@@H](OC)[C@H](C2)N1C. The largest absolute Gasteiger partial charge is 0.504 e. The molecule has 12 heteroatoms. The van der Waals surface area contributed by atoms with Gasteiger partial charge in [0.2, 0.25) is 0 Å². The maximum atomic E-state index is 13.8. The van der Waals surface area contributed by atoms with Crippen molar-refractivity contribution in [3.05, 3.63) is 75.5 Å². The molecule has 4 aromatic rings. The van der Waals surface area contributed by atoms with Crippen molar-refractivity contribution in [1.82, 2.24) is 20.1 Å². The molecule has 1 aromatic heterocycles. The second kappa shape index (κ2) is 12.8. The van der Waals surface area contributed by atoms with E-state index in [4.69, 9.17) is 23.7 Å². The predicted molar refractivity (Wildman–Crippen MR) is 187 cm³/mol. The number of benzene rings is 3. The van der Waals surface area contributed by atoms with Crippen molar-refractivity contribution >= 4 is 16.8 Å². The van der Waals surface area contributed by atoms with Crippen molar-refractivity contribution in [3.63, 3.8) is 0 Å². The standard InChI is InChI=1S/C38H44N4O8/c1-18-33(46-4)21-15-25-30-29-22(34(47-5)19(2)36(49-7)32(29)44)16-26(41(30)3)38(50-8)42(25)27(28(21)31(43)35(18)48-6)17-39-37(45)24-14-13-20-11-9-10-12-23(20)40-24/h9-14,25-27,30,38,43-44H,15-17H2,1-8H3,(H,39,45)/t25-,26-,27-,30-,38-/m0/s1. The molecule has 0 unspecified atom stereocenters. The average molecular weight is 685 g/mol. The first-order chi connectivity index (χ1) is 24.1. The molecule has 4 heterocycles. The average Bonchev–Trinajstić information content (AvgIpc) is 3.11. The maximum absolute atomic E-state index is 13.8. The Morgan fingerprint density at radius 1 is 0.820 bits per heavy atom. The van der Waals surface area contributed by atoms with Crippen LogP contribution in [0.2, 0.25) is 0 Å². The van der Waals surface area contributed by atoms with Gasteiger partial charge in [0.15, 0.2) is 23.0 Å². The van der Waals surface area contributed by atoms with Gasteiger partial charge in [-0.15, -0.1) is 0 Å². The van der Waals surface area contributed by atoms with Gasteiger partial charge in [-0.05, 0) is 45.9 Å². The van der Waals surface area contributed by atoms with E-state index in [-0.39, 0.29) is 47.8 Å². The van der Waals surface area contributed by atoms with E-state index in [0.29, 0.717) is 47.0 Å². The van der Waals surface area contributed by atoms with Gasteiger partial charge in [0.1, 0.15) is 23.4 Å². The minimum Gasteiger partial charge on any atom is -0.504 e. The zero-order chi connectivity index (χ0) is 35.6. The van der Waals surface area contributed by atoms with Gasteiger partial charge in [0, 0.05) is 58.5 Å². The maximum Gasteiger partial charge on any atom is 0.269 e. The summed E-state index contributed by atoms with van der Waals surface area (Å²) in [6.45, 7) is 3.85. The normalized spacial score (nSPS) is 22.7. The number of para-hydroxylation sites is 1. The van der Waals surface area contributed by atoms with Crippen LogP contribution < -0.4 is 24.3 Å². The Hall–Kier alpha value is -4.78. The summed E-state index contributed by atoms with van der Waals surface area (Å²) in [7, 11) is 10.0. The minimum absolute atomic E-state index is 0.0107. The number of likely N-dealkylation sites (N-methyl/N-ethyl adjacent to an activating group) is 1. The minimum atomic E-state index is -0.585. The first kappa shape index (κ1) is 33.7. The van der Waals surface area contributed by atoms with Crippen LogP contribution in [-0.4, -0.2) is 98.4 Å². The van der Waals surface area contributed by atoms with E-state index in [0.717, 1.165) is 33.2 Å². The first-order valence-electron chi connectivity index (χ1n) is 16.7. The van der Waals surface area contributed by atoms with E-state index in [1.807, 2.05) is 51.2 Å². The summed E-state index contributed by atoms with van der Waals surface area (Å²) in [6.07, 6.45) is 0.479. The number of methoxy groups -OCH3 is 5. The third-order valence-corrected chi connectivity index (χ3v) is 11.0. The van der Waals surface area contributed by atoms with Crippen LogP contribution in [0.5, 0.6) is 34.5 Å². The smallest absolute Gasteiger partial charge is 0.269 e. The van der Waals surface area contributed by atoms with Crippen LogP contribution in [0.3, 0.4) is 0 Å². The lowest BCUT2D eigenvalue weighted by atomic mass is 9.73. The summed E-state index contributed by atoms with van der Waals surface area (Å²) in [5.74, 6) is 1.67. The zero-order valence-electron chi connectivity index (χ0n) is 29.7. The van der Waals surface area contributed by atoms with E-state index in [1.54, 1.807) is 34.5 Å². The van der Waals surface area contributed by atoms with E-state index < -0.39 is 12.3 Å². The molecule has 12 nitrogen and oxygen atoms in total. The lowest BCUT2D eigenvalue weighted by molar-refractivity contribution is -0.185. The molecule has 3 aliphatic rings. The number of phenolic OH excluding ortho intramolecular Hbond substituents is 2. The van der Waals surface area contributed by atoms with Gasteiger partial charge in [-0.1, -0.05) is 24.3 Å². The number of rotatable bonds is 8. The van der Waals surface area contributed by atoms with Crippen LogP contribution in [0.15, 0.2) is 36.4 Å². The Kier molecular flexibility index (Phi) is 8.65. The molecule has 3 N–H and O–H groups in total. The lowest BCUT2D eigenvalue weighted by Gasteiger charge is -2.61.